The van der Waals surface area contributed by atoms with E-state index in [0.29, 0.717) is 12.6 Å². The lowest BCUT2D eigenvalue weighted by Gasteiger charge is -2.23. The number of nitrogens with zero attached hydrogens (tertiary/aromatic N) is 1. The predicted molar refractivity (Wildman–Crippen MR) is 55.5 cm³/mol. The topological polar surface area (TPSA) is 52.6 Å². The van der Waals surface area contributed by atoms with Crippen molar-refractivity contribution in [2.24, 2.45) is 0 Å². The minimum atomic E-state index is -0.851. The van der Waals surface area contributed by atoms with Gasteiger partial charge in [0.15, 0.2) is 0 Å². The third-order valence-corrected chi connectivity index (χ3v) is 2.81. The highest BCUT2D eigenvalue weighted by atomic mass is 16.4. The van der Waals surface area contributed by atoms with Crippen molar-refractivity contribution in [3.63, 3.8) is 0 Å². The van der Waals surface area contributed by atoms with Gasteiger partial charge in [-0.2, -0.15) is 0 Å². The van der Waals surface area contributed by atoms with Gasteiger partial charge in [-0.25, -0.2) is 4.79 Å². The van der Waals surface area contributed by atoms with Crippen molar-refractivity contribution >= 4 is 6.09 Å². The van der Waals surface area contributed by atoms with Gasteiger partial charge in [0.2, 0.25) is 0 Å². The van der Waals surface area contributed by atoms with Gasteiger partial charge in [0.1, 0.15) is 0 Å². The molecule has 1 aliphatic rings. The molecule has 2 N–H and O–H groups in total. The lowest BCUT2D eigenvalue weighted by Crippen LogP contribution is -2.38. The Morgan fingerprint density at radius 1 is 1.43 bits per heavy atom. The first kappa shape index (κ1) is 11.3. The van der Waals surface area contributed by atoms with E-state index >= 15 is 0 Å². The van der Waals surface area contributed by atoms with Crippen molar-refractivity contribution in [2.45, 2.75) is 38.1 Å². The van der Waals surface area contributed by atoms with E-state index in [1.54, 1.807) is 7.05 Å². The van der Waals surface area contributed by atoms with Gasteiger partial charge in [-0.3, -0.25) is 0 Å². The van der Waals surface area contributed by atoms with E-state index < -0.39 is 6.09 Å². The van der Waals surface area contributed by atoms with Gasteiger partial charge < -0.3 is 15.3 Å². The summed E-state index contributed by atoms with van der Waals surface area (Å²) in [7, 11) is 1.60. The van der Waals surface area contributed by atoms with Gasteiger partial charge >= 0.3 is 6.09 Å². The molecule has 4 nitrogen and oxygen atoms in total. The van der Waals surface area contributed by atoms with Crippen molar-refractivity contribution in [3.8, 4) is 0 Å². The van der Waals surface area contributed by atoms with E-state index in [1.165, 1.54) is 37.0 Å². The van der Waals surface area contributed by atoms with Crippen LogP contribution in [0.3, 0.4) is 0 Å². The van der Waals surface area contributed by atoms with Crippen LogP contribution in [-0.4, -0.2) is 42.3 Å². The molecule has 0 aromatic heterocycles. The third-order valence-electron chi connectivity index (χ3n) is 2.81. The lowest BCUT2D eigenvalue weighted by molar-refractivity contribution is 0.155. The van der Waals surface area contributed by atoms with E-state index in [1.807, 2.05) is 0 Å². The van der Waals surface area contributed by atoms with Crippen LogP contribution in [-0.2, 0) is 0 Å². The molecule has 1 saturated carbocycles. The zero-order valence-corrected chi connectivity index (χ0v) is 8.83. The summed E-state index contributed by atoms with van der Waals surface area (Å²) in [5.41, 5.74) is 0. The minimum Gasteiger partial charge on any atom is -0.465 e. The average Bonchev–Trinajstić information content (AvgIpc) is 2.19. The Labute approximate surface area is 85.3 Å². The molecular formula is C10H20N2O2. The predicted octanol–water partition coefficient (Wildman–Crippen LogP) is 1.52. The Morgan fingerprint density at radius 2 is 2.07 bits per heavy atom. The van der Waals surface area contributed by atoms with Gasteiger partial charge in [0.25, 0.3) is 0 Å². The molecule has 1 fully saturated rings. The van der Waals surface area contributed by atoms with Crippen LogP contribution in [0.15, 0.2) is 0 Å². The van der Waals surface area contributed by atoms with E-state index in [0.717, 1.165) is 6.54 Å². The summed E-state index contributed by atoms with van der Waals surface area (Å²) in [6.45, 7) is 1.35. The van der Waals surface area contributed by atoms with Crippen LogP contribution in [0.2, 0.25) is 0 Å². The van der Waals surface area contributed by atoms with E-state index in [9.17, 15) is 4.79 Å². The monoisotopic (exact) mass is 200 g/mol. The Bertz CT molecular complexity index is 179. The first-order chi connectivity index (χ1) is 6.70. The molecule has 1 rings (SSSR count). The number of nitrogens with one attached hydrogen (secondary N) is 1. The van der Waals surface area contributed by atoms with Gasteiger partial charge in [0, 0.05) is 26.2 Å². The Kier molecular flexibility index (Phi) is 4.73. The van der Waals surface area contributed by atoms with Gasteiger partial charge in [0.05, 0.1) is 0 Å². The van der Waals surface area contributed by atoms with E-state index in [4.69, 9.17) is 5.11 Å². The van der Waals surface area contributed by atoms with Crippen LogP contribution in [0.4, 0.5) is 4.79 Å². The molecule has 0 aliphatic heterocycles. The highest BCUT2D eigenvalue weighted by Crippen LogP contribution is 2.16. The molecule has 0 aromatic carbocycles. The number of rotatable bonds is 4. The normalized spacial score (nSPS) is 18.1. The molecule has 0 radical (unpaired) electrons. The maximum absolute atomic E-state index is 10.5. The van der Waals surface area contributed by atoms with Crippen LogP contribution in [0, 0.1) is 0 Å². The average molecular weight is 200 g/mol. The fraction of sp³-hybridized carbons (Fsp3) is 0.900. The Hall–Kier alpha value is -0.770. The molecule has 0 saturated heterocycles. The van der Waals surface area contributed by atoms with Crippen molar-refractivity contribution in [3.05, 3.63) is 0 Å². The van der Waals surface area contributed by atoms with Crippen LogP contribution in [0.1, 0.15) is 32.1 Å². The number of carboxylic acid groups (broad SMARTS) is 1. The van der Waals surface area contributed by atoms with Crippen LogP contribution >= 0.6 is 0 Å². The SMILES string of the molecule is CN(CCNC1CCCCC1)C(=O)O. The fourth-order valence-corrected chi connectivity index (χ4v) is 1.84. The van der Waals surface area contributed by atoms with E-state index in [-0.39, 0.29) is 0 Å². The number of likely N-dealkylation sites (N-methyl/N-ethyl adjacent to an activating group) is 1. The number of hydrogen-bond acceptors (Lipinski definition) is 2. The quantitative estimate of drug-likeness (QED) is 0.723. The van der Waals surface area contributed by atoms with Crippen molar-refractivity contribution in [1.82, 2.24) is 10.2 Å². The highest BCUT2D eigenvalue weighted by molar-refractivity contribution is 5.64. The maximum Gasteiger partial charge on any atom is 0.407 e. The maximum atomic E-state index is 10.5. The molecular weight excluding hydrogens is 180 g/mol. The van der Waals surface area contributed by atoms with Crippen LogP contribution in [0.25, 0.3) is 0 Å². The van der Waals surface area contributed by atoms with Crippen molar-refractivity contribution in [1.29, 1.82) is 0 Å². The van der Waals surface area contributed by atoms with Crippen molar-refractivity contribution < 1.29 is 9.90 Å². The standard InChI is InChI=1S/C10H20N2O2/c1-12(10(13)14)8-7-11-9-5-3-2-4-6-9/h9,11H,2-8H2,1H3,(H,13,14). The summed E-state index contributed by atoms with van der Waals surface area (Å²) in [5.74, 6) is 0. The minimum absolute atomic E-state index is 0.575. The van der Waals surface area contributed by atoms with Crippen molar-refractivity contribution in [2.75, 3.05) is 20.1 Å². The van der Waals surface area contributed by atoms with Gasteiger partial charge in [-0.15, -0.1) is 0 Å². The van der Waals surface area contributed by atoms with E-state index in [2.05, 4.69) is 5.32 Å². The summed E-state index contributed by atoms with van der Waals surface area (Å²) in [6.07, 6.45) is 5.62. The van der Waals surface area contributed by atoms with Crippen LogP contribution < -0.4 is 5.32 Å². The fourth-order valence-electron chi connectivity index (χ4n) is 1.84. The molecule has 1 amide bonds. The summed E-state index contributed by atoms with van der Waals surface area (Å²) < 4.78 is 0. The molecule has 0 heterocycles. The number of carbonyl (C=O) groups is 1. The van der Waals surface area contributed by atoms with Gasteiger partial charge in [-0.05, 0) is 12.8 Å². The largest absolute Gasteiger partial charge is 0.465 e. The molecule has 0 spiro atoms. The molecule has 0 bridgehead atoms. The second kappa shape index (κ2) is 5.86. The summed E-state index contributed by atoms with van der Waals surface area (Å²) in [6, 6.07) is 0.617. The summed E-state index contributed by atoms with van der Waals surface area (Å²) in [5, 5.41) is 12.0. The highest BCUT2D eigenvalue weighted by Gasteiger charge is 2.12. The second-order valence-corrected chi connectivity index (χ2v) is 3.99. The zero-order chi connectivity index (χ0) is 10.4. The third kappa shape index (κ3) is 3.96. The molecule has 82 valence electrons. The van der Waals surface area contributed by atoms with Crippen LogP contribution in [0.5, 0.6) is 0 Å². The van der Waals surface area contributed by atoms with Gasteiger partial charge in [-0.1, -0.05) is 19.3 Å². The molecule has 14 heavy (non-hydrogen) atoms. The number of hydrogen-bond donors (Lipinski definition) is 2. The second-order valence-electron chi connectivity index (χ2n) is 3.99. The molecule has 1 aliphatic carbocycles. The summed E-state index contributed by atoms with van der Waals surface area (Å²) >= 11 is 0. The Balaban J connectivity index is 2.05. The summed E-state index contributed by atoms with van der Waals surface area (Å²) in [4.78, 5) is 11.8. The molecule has 0 aromatic rings. The zero-order valence-electron chi connectivity index (χ0n) is 8.83. The molecule has 4 heteroatoms. The molecule has 0 atom stereocenters. The lowest BCUT2D eigenvalue weighted by atomic mass is 9.95. The first-order valence-corrected chi connectivity index (χ1v) is 5.37. The smallest absolute Gasteiger partial charge is 0.407 e. The Morgan fingerprint density at radius 3 is 2.64 bits per heavy atom. The number of amides is 1. The molecule has 0 unspecified atom stereocenters. The first-order valence-electron chi connectivity index (χ1n) is 5.37.